The van der Waals surface area contributed by atoms with Gasteiger partial charge >= 0.3 is 11.9 Å². The van der Waals surface area contributed by atoms with Crippen LogP contribution in [0.1, 0.15) is 36.0 Å². The minimum Gasteiger partial charge on any atom is -0.478 e. The summed E-state index contributed by atoms with van der Waals surface area (Å²) < 4.78 is 5.31. The molecule has 2 rings (SSSR count). The Bertz CT molecular complexity index is 603. The molecule has 1 aliphatic rings. The molecule has 0 radical (unpaired) electrons. The van der Waals surface area contributed by atoms with Gasteiger partial charge in [0.2, 0.25) is 0 Å². The van der Waals surface area contributed by atoms with Crippen LogP contribution in [0.5, 0.6) is 5.75 Å². The number of aliphatic imine (C=N–C) groups is 1. The highest BCUT2D eigenvalue weighted by atomic mass is 16.5. The molecular formula is C16H21N3O4. The van der Waals surface area contributed by atoms with Crippen molar-refractivity contribution in [3.05, 3.63) is 29.8 Å². The van der Waals surface area contributed by atoms with Gasteiger partial charge in [-0.05, 0) is 49.8 Å². The van der Waals surface area contributed by atoms with Crippen LogP contribution in [0.15, 0.2) is 29.3 Å². The molecule has 5 N–H and O–H groups in total. The molecule has 0 amide bonds. The van der Waals surface area contributed by atoms with Crippen molar-refractivity contribution in [1.29, 1.82) is 0 Å². The van der Waals surface area contributed by atoms with Gasteiger partial charge in [-0.3, -0.25) is 9.79 Å². The topological polar surface area (TPSA) is 128 Å². The number of ether oxygens (including phenoxy) is 1. The smallest absolute Gasteiger partial charge is 0.335 e. The van der Waals surface area contributed by atoms with E-state index in [0.29, 0.717) is 12.5 Å². The molecule has 1 aromatic carbocycles. The standard InChI is InChI=1S/C16H21N3O4/c17-16(18)19-9-10-4-6-11(7-5-10)15(22)23-13-3-1-2-12(8-13)14(20)21/h1-3,8,10-11H,4-7,9H2,(H,20,21)(H4,17,18,19). The first kappa shape index (κ1) is 16.8. The normalized spacial score (nSPS) is 20.5. The number of benzene rings is 1. The third kappa shape index (κ3) is 4.98. The minimum absolute atomic E-state index is 0.0878. The van der Waals surface area contributed by atoms with Crippen LogP contribution in [0.25, 0.3) is 0 Å². The summed E-state index contributed by atoms with van der Waals surface area (Å²) >= 11 is 0. The van der Waals surface area contributed by atoms with Crippen LogP contribution in [0.4, 0.5) is 0 Å². The fraction of sp³-hybridized carbons (Fsp3) is 0.438. The Balaban J connectivity index is 1.87. The van der Waals surface area contributed by atoms with Crippen molar-refractivity contribution in [2.24, 2.45) is 28.3 Å². The summed E-state index contributed by atoms with van der Waals surface area (Å²) in [5.74, 6) is -0.797. The maximum atomic E-state index is 12.2. The van der Waals surface area contributed by atoms with Crippen LogP contribution in [0.3, 0.4) is 0 Å². The van der Waals surface area contributed by atoms with E-state index in [1.165, 1.54) is 12.1 Å². The Labute approximate surface area is 134 Å². The molecule has 0 bridgehead atoms. The number of carbonyl (C=O) groups excluding carboxylic acids is 1. The van der Waals surface area contributed by atoms with Gasteiger partial charge in [0.1, 0.15) is 5.75 Å². The number of carbonyl (C=O) groups is 2. The molecule has 0 saturated heterocycles. The Kier molecular flexibility index (Phi) is 5.56. The van der Waals surface area contributed by atoms with Gasteiger partial charge in [-0.15, -0.1) is 0 Å². The Morgan fingerprint density at radius 3 is 2.52 bits per heavy atom. The third-order valence-electron chi connectivity index (χ3n) is 4.01. The SMILES string of the molecule is NC(N)=NCC1CCC(C(=O)Oc2cccc(C(=O)O)c2)CC1. The molecule has 124 valence electrons. The zero-order valence-electron chi connectivity index (χ0n) is 12.8. The predicted molar refractivity (Wildman–Crippen MR) is 85.2 cm³/mol. The first-order chi connectivity index (χ1) is 11.0. The molecular weight excluding hydrogens is 298 g/mol. The molecule has 0 atom stereocenters. The van der Waals surface area contributed by atoms with Crippen molar-refractivity contribution >= 4 is 17.9 Å². The molecule has 7 nitrogen and oxygen atoms in total. The lowest BCUT2D eigenvalue weighted by Gasteiger charge is -2.26. The molecule has 1 aliphatic carbocycles. The second-order valence-corrected chi connectivity index (χ2v) is 5.74. The lowest BCUT2D eigenvalue weighted by Crippen LogP contribution is -2.28. The van der Waals surface area contributed by atoms with Gasteiger partial charge in [0, 0.05) is 6.54 Å². The van der Waals surface area contributed by atoms with Gasteiger partial charge in [-0.25, -0.2) is 4.79 Å². The summed E-state index contributed by atoms with van der Waals surface area (Å²) in [5.41, 5.74) is 10.7. The second kappa shape index (κ2) is 7.62. The maximum absolute atomic E-state index is 12.2. The van der Waals surface area contributed by atoms with Crippen molar-refractivity contribution in [2.45, 2.75) is 25.7 Å². The predicted octanol–water partition coefficient (Wildman–Crippen LogP) is 1.37. The Morgan fingerprint density at radius 1 is 1.22 bits per heavy atom. The molecule has 0 aromatic heterocycles. The summed E-state index contributed by atoms with van der Waals surface area (Å²) in [7, 11) is 0. The quantitative estimate of drug-likeness (QED) is 0.325. The molecule has 23 heavy (non-hydrogen) atoms. The van der Waals surface area contributed by atoms with E-state index in [-0.39, 0.29) is 29.2 Å². The van der Waals surface area contributed by atoms with E-state index in [4.69, 9.17) is 21.3 Å². The molecule has 7 heteroatoms. The molecule has 1 saturated carbocycles. The monoisotopic (exact) mass is 319 g/mol. The van der Waals surface area contributed by atoms with E-state index < -0.39 is 5.97 Å². The lowest BCUT2D eigenvalue weighted by atomic mass is 9.82. The van der Waals surface area contributed by atoms with Gasteiger partial charge in [0.15, 0.2) is 5.96 Å². The van der Waals surface area contributed by atoms with Crippen molar-refractivity contribution in [3.8, 4) is 5.75 Å². The fourth-order valence-electron chi connectivity index (χ4n) is 2.71. The number of hydrogen-bond donors (Lipinski definition) is 3. The molecule has 1 fully saturated rings. The van der Waals surface area contributed by atoms with Crippen LogP contribution in [0.2, 0.25) is 0 Å². The lowest BCUT2D eigenvalue weighted by molar-refractivity contribution is -0.140. The van der Waals surface area contributed by atoms with Crippen LogP contribution in [-0.2, 0) is 4.79 Å². The molecule has 1 aromatic rings. The van der Waals surface area contributed by atoms with Crippen molar-refractivity contribution in [2.75, 3.05) is 6.54 Å². The fourth-order valence-corrected chi connectivity index (χ4v) is 2.71. The highest BCUT2D eigenvalue weighted by Gasteiger charge is 2.27. The number of carboxylic acid groups (broad SMARTS) is 1. The molecule has 0 unspecified atom stereocenters. The number of guanidine groups is 1. The van der Waals surface area contributed by atoms with E-state index >= 15 is 0 Å². The second-order valence-electron chi connectivity index (χ2n) is 5.74. The van der Waals surface area contributed by atoms with Crippen molar-refractivity contribution in [1.82, 2.24) is 0 Å². The van der Waals surface area contributed by atoms with E-state index in [2.05, 4.69) is 4.99 Å². The zero-order chi connectivity index (χ0) is 16.8. The summed E-state index contributed by atoms with van der Waals surface area (Å²) in [5, 5.41) is 8.94. The van der Waals surface area contributed by atoms with Gasteiger partial charge < -0.3 is 21.3 Å². The largest absolute Gasteiger partial charge is 0.478 e. The van der Waals surface area contributed by atoms with E-state index in [9.17, 15) is 9.59 Å². The number of aromatic carboxylic acids is 1. The van der Waals surface area contributed by atoms with Gasteiger partial charge in [-0.1, -0.05) is 6.07 Å². The molecule has 0 heterocycles. The first-order valence-corrected chi connectivity index (χ1v) is 7.56. The van der Waals surface area contributed by atoms with Crippen LogP contribution < -0.4 is 16.2 Å². The Hall–Kier alpha value is -2.57. The van der Waals surface area contributed by atoms with Crippen LogP contribution in [-0.4, -0.2) is 29.5 Å². The minimum atomic E-state index is -1.05. The number of esters is 1. The number of carboxylic acids is 1. The maximum Gasteiger partial charge on any atom is 0.335 e. The molecule has 0 spiro atoms. The van der Waals surface area contributed by atoms with E-state index in [1.807, 2.05) is 0 Å². The number of hydrogen-bond acceptors (Lipinski definition) is 4. The summed E-state index contributed by atoms with van der Waals surface area (Å²) in [6.07, 6.45) is 3.18. The Morgan fingerprint density at radius 2 is 1.91 bits per heavy atom. The molecule has 0 aliphatic heterocycles. The number of nitrogens with zero attached hydrogens (tertiary/aromatic N) is 1. The zero-order valence-corrected chi connectivity index (χ0v) is 12.8. The van der Waals surface area contributed by atoms with Gasteiger partial charge in [-0.2, -0.15) is 0 Å². The van der Waals surface area contributed by atoms with E-state index in [1.54, 1.807) is 12.1 Å². The van der Waals surface area contributed by atoms with Gasteiger partial charge in [0.05, 0.1) is 11.5 Å². The summed E-state index contributed by atoms with van der Waals surface area (Å²) in [6, 6.07) is 5.94. The van der Waals surface area contributed by atoms with Crippen LogP contribution in [0, 0.1) is 11.8 Å². The third-order valence-corrected chi connectivity index (χ3v) is 4.01. The van der Waals surface area contributed by atoms with Gasteiger partial charge in [0.25, 0.3) is 0 Å². The first-order valence-electron chi connectivity index (χ1n) is 7.56. The number of rotatable bonds is 5. The number of nitrogens with two attached hydrogens (primary N) is 2. The van der Waals surface area contributed by atoms with E-state index in [0.717, 1.165) is 25.7 Å². The van der Waals surface area contributed by atoms with Crippen molar-refractivity contribution in [3.63, 3.8) is 0 Å². The summed E-state index contributed by atoms with van der Waals surface area (Å²) in [4.78, 5) is 27.1. The van der Waals surface area contributed by atoms with Crippen LogP contribution >= 0.6 is 0 Å². The highest BCUT2D eigenvalue weighted by molar-refractivity contribution is 5.88. The highest BCUT2D eigenvalue weighted by Crippen LogP contribution is 2.30. The van der Waals surface area contributed by atoms with Crippen molar-refractivity contribution < 1.29 is 19.4 Å². The summed E-state index contributed by atoms with van der Waals surface area (Å²) in [6.45, 7) is 0.588. The average molecular weight is 319 g/mol. The average Bonchev–Trinajstić information content (AvgIpc) is 2.53.